The highest BCUT2D eigenvalue weighted by atomic mass is 32.2. The number of amides is 1. The Morgan fingerprint density at radius 3 is 2.78 bits per heavy atom. The molecular weight excluding hydrogens is 376 g/mol. The van der Waals surface area contributed by atoms with Crippen molar-refractivity contribution in [1.82, 2.24) is 20.1 Å². The summed E-state index contributed by atoms with van der Waals surface area (Å²) < 4.78 is 2.21. The van der Waals surface area contributed by atoms with Gasteiger partial charge in [-0.3, -0.25) is 9.36 Å². The molecule has 0 saturated heterocycles. The average Bonchev–Trinajstić information content (AvgIpc) is 3.21. The molecule has 0 bridgehead atoms. The van der Waals surface area contributed by atoms with Crippen LogP contribution in [0.25, 0.3) is 10.7 Å². The number of nitrogens with one attached hydrogen (secondary N) is 1. The van der Waals surface area contributed by atoms with Crippen LogP contribution in [0.2, 0.25) is 0 Å². The van der Waals surface area contributed by atoms with Crippen LogP contribution < -0.4 is 5.32 Å². The molecule has 140 valence electrons. The first-order valence-corrected chi connectivity index (χ1v) is 11.0. The summed E-state index contributed by atoms with van der Waals surface area (Å²) in [7, 11) is 0. The molecule has 1 atom stereocenters. The first-order chi connectivity index (χ1) is 13.2. The van der Waals surface area contributed by atoms with Crippen LogP contribution in [-0.2, 0) is 11.2 Å². The van der Waals surface area contributed by atoms with Crippen molar-refractivity contribution in [2.75, 3.05) is 6.54 Å². The standard InChI is InChI=1S/C20H22N4OS2/c1-14(19(25)21-12-11-15-6-3-2-4-7-15)27-20-23-22-18(17-8-5-13-26-17)24(20)16-9-10-16/h2-8,13-14,16H,9-12H2,1H3,(H,21,25)/t14-/m1/s1. The van der Waals surface area contributed by atoms with Gasteiger partial charge in [0.1, 0.15) is 0 Å². The summed E-state index contributed by atoms with van der Waals surface area (Å²) in [5.74, 6) is 0.964. The van der Waals surface area contributed by atoms with Gasteiger partial charge in [0.25, 0.3) is 0 Å². The van der Waals surface area contributed by atoms with E-state index in [2.05, 4.69) is 43.7 Å². The number of aromatic nitrogens is 3. The van der Waals surface area contributed by atoms with Crippen molar-refractivity contribution < 1.29 is 4.79 Å². The maximum Gasteiger partial charge on any atom is 0.233 e. The van der Waals surface area contributed by atoms with Crippen LogP contribution in [0.15, 0.2) is 53.0 Å². The zero-order valence-corrected chi connectivity index (χ0v) is 16.8. The summed E-state index contributed by atoms with van der Waals surface area (Å²) in [4.78, 5) is 13.6. The molecular formula is C20H22N4OS2. The second-order valence-electron chi connectivity index (χ2n) is 6.67. The van der Waals surface area contributed by atoms with Gasteiger partial charge in [0.2, 0.25) is 5.91 Å². The molecule has 5 nitrogen and oxygen atoms in total. The predicted octanol–water partition coefficient (Wildman–Crippen LogP) is 4.18. The summed E-state index contributed by atoms with van der Waals surface area (Å²) in [6.07, 6.45) is 3.15. The molecule has 4 rings (SSSR count). The molecule has 1 aliphatic carbocycles. The lowest BCUT2D eigenvalue weighted by Crippen LogP contribution is -2.32. The summed E-state index contributed by atoms with van der Waals surface area (Å²) in [6.45, 7) is 2.57. The topological polar surface area (TPSA) is 59.8 Å². The lowest BCUT2D eigenvalue weighted by Gasteiger charge is -2.13. The second kappa shape index (κ2) is 8.27. The van der Waals surface area contributed by atoms with Gasteiger partial charge >= 0.3 is 0 Å². The van der Waals surface area contributed by atoms with Crippen molar-refractivity contribution in [3.8, 4) is 10.7 Å². The minimum Gasteiger partial charge on any atom is -0.355 e. The van der Waals surface area contributed by atoms with Crippen molar-refractivity contribution in [3.63, 3.8) is 0 Å². The molecule has 2 aromatic heterocycles. The smallest absolute Gasteiger partial charge is 0.233 e. The van der Waals surface area contributed by atoms with Gasteiger partial charge in [-0.1, -0.05) is 48.2 Å². The number of carbonyl (C=O) groups excluding carboxylic acids is 1. The minimum atomic E-state index is -0.210. The Bertz CT molecular complexity index is 888. The van der Waals surface area contributed by atoms with Gasteiger partial charge < -0.3 is 5.32 Å². The maximum atomic E-state index is 12.5. The zero-order valence-electron chi connectivity index (χ0n) is 15.2. The number of carbonyl (C=O) groups is 1. The Balaban J connectivity index is 1.38. The number of thiophene rings is 1. The molecule has 0 radical (unpaired) electrons. The zero-order chi connectivity index (χ0) is 18.6. The van der Waals surface area contributed by atoms with E-state index in [4.69, 9.17) is 0 Å². The Labute approximate surface area is 167 Å². The molecule has 1 saturated carbocycles. The van der Waals surface area contributed by atoms with Crippen molar-refractivity contribution in [2.45, 2.75) is 42.6 Å². The molecule has 2 heterocycles. The second-order valence-corrected chi connectivity index (χ2v) is 8.93. The lowest BCUT2D eigenvalue weighted by atomic mass is 10.1. The highest BCUT2D eigenvalue weighted by Gasteiger charge is 2.31. The van der Waals surface area contributed by atoms with E-state index in [0.29, 0.717) is 12.6 Å². The van der Waals surface area contributed by atoms with Crippen LogP contribution in [0, 0.1) is 0 Å². The molecule has 1 fully saturated rings. The van der Waals surface area contributed by atoms with Gasteiger partial charge in [-0.25, -0.2) is 0 Å². The average molecular weight is 399 g/mol. The largest absolute Gasteiger partial charge is 0.355 e. The third-order valence-electron chi connectivity index (χ3n) is 4.53. The van der Waals surface area contributed by atoms with Crippen LogP contribution in [0.1, 0.15) is 31.4 Å². The summed E-state index contributed by atoms with van der Waals surface area (Å²) in [5.41, 5.74) is 1.23. The van der Waals surface area contributed by atoms with E-state index >= 15 is 0 Å². The molecule has 0 spiro atoms. The SMILES string of the molecule is C[C@@H](Sc1nnc(-c2cccs2)n1C1CC1)C(=O)NCCc1ccccc1. The number of hydrogen-bond donors (Lipinski definition) is 1. The lowest BCUT2D eigenvalue weighted by molar-refractivity contribution is -0.120. The fraction of sp³-hybridized carbons (Fsp3) is 0.350. The predicted molar refractivity (Wildman–Crippen MR) is 110 cm³/mol. The normalized spacial score (nSPS) is 14.9. The van der Waals surface area contributed by atoms with E-state index in [9.17, 15) is 4.79 Å². The Morgan fingerprint density at radius 2 is 2.07 bits per heavy atom. The van der Waals surface area contributed by atoms with E-state index in [1.54, 1.807) is 11.3 Å². The molecule has 1 N–H and O–H groups in total. The number of thioether (sulfide) groups is 1. The van der Waals surface area contributed by atoms with Crippen molar-refractivity contribution in [1.29, 1.82) is 0 Å². The van der Waals surface area contributed by atoms with Crippen LogP contribution >= 0.6 is 23.1 Å². The van der Waals surface area contributed by atoms with Crippen LogP contribution in [0.4, 0.5) is 0 Å². The van der Waals surface area contributed by atoms with Gasteiger partial charge in [-0.2, -0.15) is 0 Å². The van der Waals surface area contributed by atoms with Crippen molar-refractivity contribution in [3.05, 3.63) is 53.4 Å². The van der Waals surface area contributed by atoms with E-state index in [1.807, 2.05) is 31.2 Å². The summed E-state index contributed by atoms with van der Waals surface area (Å²) in [6, 6.07) is 14.8. The Hall–Kier alpha value is -2.12. The van der Waals surface area contributed by atoms with Gasteiger partial charge in [0.05, 0.1) is 10.1 Å². The number of hydrogen-bond acceptors (Lipinski definition) is 5. The maximum absolute atomic E-state index is 12.5. The number of benzene rings is 1. The highest BCUT2D eigenvalue weighted by molar-refractivity contribution is 8.00. The Kier molecular flexibility index (Phi) is 5.59. The highest BCUT2D eigenvalue weighted by Crippen LogP contribution is 2.42. The molecule has 1 aromatic carbocycles. The molecule has 0 aliphatic heterocycles. The van der Waals surface area contributed by atoms with Crippen molar-refractivity contribution in [2.24, 2.45) is 0 Å². The van der Waals surface area contributed by atoms with E-state index in [-0.39, 0.29) is 11.2 Å². The first kappa shape index (κ1) is 18.3. The molecule has 1 aliphatic rings. The number of nitrogens with zero attached hydrogens (tertiary/aromatic N) is 3. The van der Waals surface area contributed by atoms with E-state index in [1.165, 1.54) is 17.3 Å². The number of rotatable bonds is 8. The molecule has 3 aromatic rings. The molecule has 7 heteroatoms. The molecule has 27 heavy (non-hydrogen) atoms. The van der Waals surface area contributed by atoms with Crippen LogP contribution in [-0.4, -0.2) is 32.5 Å². The van der Waals surface area contributed by atoms with Gasteiger partial charge in [-0.05, 0) is 43.2 Å². The summed E-state index contributed by atoms with van der Waals surface area (Å²) >= 11 is 3.16. The minimum absolute atomic E-state index is 0.0407. The fourth-order valence-electron chi connectivity index (χ4n) is 2.92. The third kappa shape index (κ3) is 4.42. The fourth-order valence-corrected chi connectivity index (χ4v) is 4.57. The quantitative estimate of drug-likeness (QED) is 0.578. The van der Waals surface area contributed by atoms with Gasteiger partial charge in [-0.15, -0.1) is 21.5 Å². The monoisotopic (exact) mass is 398 g/mol. The van der Waals surface area contributed by atoms with E-state index in [0.717, 1.165) is 35.1 Å². The van der Waals surface area contributed by atoms with Crippen LogP contribution in [0.5, 0.6) is 0 Å². The van der Waals surface area contributed by atoms with Gasteiger partial charge in [0.15, 0.2) is 11.0 Å². The van der Waals surface area contributed by atoms with Crippen molar-refractivity contribution >= 4 is 29.0 Å². The van der Waals surface area contributed by atoms with Crippen LogP contribution in [0.3, 0.4) is 0 Å². The third-order valence-corrected chi connectivity index (χ3v) is 6.45. The van der Waals surface area contributed by atoms with E-state index < -0.39 is 0 Å². The molecule has 0 unspecified atom stereocenters. The van der Waals surface area contributed by atoms with Gasteiger partial charge in [0, 0.05) is 12.6 Å². The Morgan fingerprint density at radius 1 is 1.26 bits per heavy atom. The summed E-state index contributed by atoms with van der Waals surface area (Å²) in [5, 5.41) is 14.5. The first-order valence-electron chi connectivity index (χ1n) is 9.19. The molecule has 1 amide bonds.